The maximum absolute atomic E-state index is 12.0. The van der Waals surface area contributed by atoms with Crippen LogP contribution in [-0.2, 0) is 4.79 Å². The number of Topliss-reactive ketones (excluding diaryl/α,β-unsaturated/α-hetero) is 1. The first-order valence-corrected chi connectivity index (χ1v) is 6.02. The largest absolute Gasteiger partial charge is 0.465 e. The fourth-order valence-electron chi connectivity index (χ4n) is 2.14. The standard InChI is InChI=1S/C13H16N2O4/c1-10(16)13(19-11-5-3-2-4-6-11)9-14-7-8-15(13)12(17)18/h2-6,14H,7-9H2,1H3,(H,17,18). The zero-order chi connectivity index (χ0) is 13.9. The van der Waals surface area contributed by atoms with Gasteiger partial charge in [0.05, 0.1) is 6.54 Å². The predicted molar refractivity (Wildman–Crippen MR) is 68.1 cm³/mol. The van der Waals surface area contributed by atoms with Crippen LogP contribution in [0, 0.1) is 0 Å². The third kappa shape index (κ3) is 2.53. The molecule has 2 N–H and O–H groups in total. The van der Waals surface area contributed by atoms with Crippen molar-refractivity contribution in [1.82, 2.24) is 10.2 Å². The van der Waals surface area contributed by atoms with Crippen LogP contribution < -0.4 is 10.1 Å². The molecule has 0 spiro atoms. The topological polar surface area (TPSA) is 78.9 Å². The molecule has 19 heavy (non-hydrogen) atoms. The highest BCUT2D eigenvalue weighted by molar-refractivity contribution is 5.89. The van der Waals surface area contributed by atoms with Gasteiger partial charge in [-0.2, -0.15) is 0 Å². The average molecular weight is 264 g/mol. The van der Waals surface area contributed by atoms with E-state index in [1.54, 1.807) is 24.3 Å². The molecule has 1 atom stereocenters. The first-order valence-electron chi connectivity index (χ1n) is 6.02. The summed E-state index contributed by atoms with van der Waals surface area (Å²) < 4.78 is 5.71. The van der Waals surface area contributed by atoms with E-state index in [9.17, 15) is 14.7 Å². The molecule has 0 aliphatic carbocycles. The third-order valence-electron chi connectivity index (χ3n) is 3.12. The number of carboxylic acid groups (broad SMARTS) is 1. The third-order valence-corrected chi connectivity index (χ3v) is 3.12. The summed E-state index contributed by atoms with van der Waals surface area (Å²) in [4.78, 5) is 24.4. The number of amides is 1. The SMILES string of the molecule is CC(=O)C1(Oc2ccccc2)CNCCN1C(=O)O. The van der Waals surface area contributed by atoms with Crippen LogP contribution in [0.3, 0.4) is 0 Å². The second kappa shape index (κ2) is 5.27. The molecule has 0 bridgehead atoms. The molecular formula is C13H16N2O4. The van der Waals surface area contributed by atoms with Crippen molar-refractivity contribution in [3.05, 3.63) is 30.3 Å². The number of rotatable bonds is 3. The van der Waals surface area contributed by atoms with E-state index in [0.29, 0.717) is 12.3 Å². The Morgan fingerprint density at radius 3 is 2.63 bits per heavy atom. The molecule has 1 aromatic rings. The van der Waals surface area contributed by atoms with Crippen LogP contribution in [0.4, 0.5) is 4.79 Å². The van der Waals surface area contributed by atoms with Crippen LogP contribution in [0.25, 0.3) is 0 Å². The Morgan fingerprint density at radius 2 is 2.05 bits per heavy atom. The summed E-state index contributed by atoms with van der Waals surface area (Å²) in [6.45, 7) is 2.19. The van der Waals surface area contributed by atoms with E-state index in [2.05, 4.69) is 5.32 Å². The van der Waals surface area contributed by atoms with Crippen molar-refractivity contribution in [2.24, 2.45) is 0 Å². The highest BCUT2D eigenvalue weighted by atomic mass is 16.5. The molecule has 1 aliphatic heterocycles. The zero-order valence-corrected chi connectivity index (χ0v) is 10.6. The lowest BCUT2D eigenvalue weighted by Gasteiger charge is -2.43. The van der Waals surface area contributed by atoms with Crippen molar-refractivity contribution in [3.63, 3.8) is 0 Å². The summed E-state index contributed by atoms with van der Waals surface area (Å²) in [7, 11) is 0. The van der Waals surface area contributed by atoms with E-state index >= 15 is 0 Å². The fraction of sp³-hybridized carbons (Fsp3) is 0.385. The molecule has 0 radical (unpaired) electrons. The lowest BCUT2D eigenvalue weighted by Crippen LogP contribution is -2.69. The van der Waals surface area contributed by atoms with Gasteiger partial charge < -0.3 is 15.2 Å². The summed E-state index contributed by atoms with van der Waals surface area (Å²) in [5, 5.41) is 12.3. The number of carbonyl (C=O) groups is 2. The number of ether oxygens (including phenoxy) is 1. The van der Waals surface area contributed by atoms with Crippen LogP contribution in [0.1, 0.15) is 6.92 Å². The van der Waals surface area contributed by atoms with E-state index in [4.69, 9.17) is 4.74 Å². The van der Waals surface area contributed by atoms with Gasteiger partial charge in [-0.1, -0.05) is 18.2 Å². The van der Waals surface area contributed by atoms with Crippen molar-refractivity contribution < 1.29 is 19.4 Å². The van der Waals surface area contributed by atoms with Crippen LogP contribution >= 0.6 is 0 Å². The van der Waals surface area contributed by atoms with Crippen molar-refractivity contribution in [2.45, 2.75) is 12.6 Å². The molecule has 0 saturated carbocycles. The van der Waals surface area contributed by atoms with E-state index in [1.807, 2.05) is 6.07 Å². The number of piperazine rings is 1. The Labute approximate surface area is 111 Å². The summed E-state index contributed by atoms with van der Waals surface area (Å²) in [6.07, 6.45) is -1.16. The van der Waals surface area contributed by atoms with Crippen molar-refractivity contribution in [3.8, 4) is 5.75 Å². The average Bonchev–Trinajstić information content (AvgIpc) is 2.40. The van der Waals surface area contributed by atoms with Crippen LogP contribution in [0.15, 0.2) is 30.3 Å². The predicted octanol–water partition coefficient (Wildman–Crippen LogP) is 0.934. The molecule has 1 unspecified atom stereocenters. The molecule has 6 nitrogen and oxygen atoms in total. The van der Waals surface area contributed by atoms with E-state index in [0.717, 1.165) is 4.90 Å². The highest BCUT2D eigenvalue weighted by Crippen LogP contribution is 2.24. The van der Waals surface area contributed by atoms with Crippen LogP contribution in [0.2, 0.25) is 0 Å². The smallest absolute Gasteiger partial charge is 0.410 e. The first kappa shape index (κ1) is 13.4. The van der Waals surface area contributed by atoms with Crippen LogP contribution in [0.5, 0.6) is 5.75 Å². The number of ketones is 1. The maximum Gasteiger partial charge on any atom is 0.410 e. The minimum Gasteiger partial charge on any atom is -0.465 e. The minimum absolute atomic E-state index is 0.142. The normalized spacial score (nSPS) is 22.9. The molecule has 1 heterocycles. The molecule has 1 aliphatic rings. The molecule has 6 heteroatoms. The fourth-order valence-corrected chi connectivity index (χ4v) is 2.14. The van der Waals surface area contributed by atoms with Gasteiger partial charge in [0.2, 0.25) is 0 Å². The van der Waals surface area contributed by atoms with Crippen molar-refractivity contribution in [1.29, 1.82) is 0 Å². The van der Waals surface area contributed by atoms with Gasteiger partial charge >= 0.3 is 6.09 Å². The quantitative estimate of drug-likeness (QED) is 0.849. The lowest BCUT2D eigenvalue weighted by molar-refractivity contribution is -0.151. The molecule has 2 rings (SSSR count). The Balaban J connectivity index is 2.35. The lowest BCUT2D eigenvalue weighted by atomic mass is 10.0. The van der Waals surface area contributed by atoms with E-state index in [1.165, 1.54) is 6.92 Å². The van der Waals surface area contributed by atoms with E-state index < -0.39 is 11.8 Å². The van der Waals surface area contributed by atoms with Crippen molar-refractivity contribution >= 4 is 11.9 Å². The molecule has 1 saturated heterocycles. The van der Waals surface area contributed by atoms with Gasteiger partial charge in [-0.3, -0.25) is 9.69 Å². The second-order valence-corrected chi connectivity index (χ2v) is 4.37. The number of benzene rings is 1. The number of para-hydroxylation sites is 1. The summed E-state index contributed by atoms with van der Waals surface area (Å²) >= 11 is 0. The number of nitrogens with one attached hydrogen (secondary N) is 1. The zero-order valence-electron chi connectivity index (χ0n) is 10.6. The van der Waals surface area contributed by atoms with Gasteiger partial charge in [0, 0.05) is 20.0 Å². The van der Waals surface area contributed by atoms with Crippen LogP contribution in [-0.4, -0.2) is 47.2 Å². The number of hydrogen-bond donors (Lipinski definition) is 2. The number of hydrogen-bond acceptors (Lipinski definition) is 4. The molecule has 1 fully saturated rings. The van der Waals surface area contributed by atoms with Crippen molar-refractivity contribution in [2.75, 3.05) is 19.6 Å². The number of carbonyl (C=O) groups excluding carboxylic acids is 1. The van der Waals surface area contributed by atoms with Gasteiger partial charge in [-0.25, -0.2) is 4.79 Å². The molecule has 1 amide bonds. The van der Waals surface area contributed by atoms with Gasteiger partial charge in [-0.05, 0) is 12.1 Å². The summed E-state index contributed by atoms with van der Waals surface area (Å²) in [5.74, 6) is 0.124. The summed E-state index contributed by atoms with van der Waals surface area (Å²) in [5.41, 5.74) is -1.49. The Morgan fingerprint density at radius 1 is 1.37 bits per heavy atom. The second-order valence-electron chi connectivity index (χ2n) is 4.37. The number of nitrogens with zero attached hydrogens (tertiary/aromatic N) is 1. The highest BCUT2D eigenvalue weighted by Gasteiger charge is 2.48. The van der Waals surface area contributed by atoms with Gasteiger partial charge in [0.1, 0.15) is 5.75 Å². The molecule has 1 aromatic carbocycles. The molecular weight excluding hydrogens is 248 g/mol. The Bertz CT molecular complexity index is 477. The van der Waals surface area contributed by atoms with E-state index in [-0.39, 0.29) is 18.9 Å². The van der Waals surface area contributed by atoms with Gasteiger partial charge in [0.25, 0.3) is 5.72 Å². The summed E-state index contributed by atoms with van der Waals surface area (Å²) in [6, 6.07) is 8.75. The first-order chi connectivity index (χ1) is 9.06. The Kier molecular flexibility index (Phi) is 3.71. The molecule has 102 valence electrons. The van der Waals surface area contributed by atoms with Gasteiger partial charge in [0.15, 0.2) is 5.78 Å². The molecule has 0 aromatic heterocycles. The van der Waals surface area contributed by atoms with Gasteiger partial charge in [-0.15, -0.1) is 0 Å². The Hall–Kier alpha value is -2.08. The monoisotopic (exact) mass is 264 g/mol. The maximum atomic E-state index is 12.0. The minimum atomic E-state index is -1.49.